The highest BCUT2D eigenvalue weighted by molar-refractivity contribution is 9.10. The molecule has 0 aliphatic heterocycles. The monoisotopic (exact) mass is 536 g/mol. The fourth-order valence-corrected chi connectivity index (χ4v) is 4.05. The molecule has 2 rings (SSSR count). The Morgan fingerprint density at radius 2 is 1.56 bits per heavy atom. The lowest BCUT2D eigenvalue weighted by Crippen LogP contribution is -2.49. The van der Waals surface area contributed by atoms with Gasteiger partial charge in [0.25, 0.3) is 0 Å². The van der Waals surface area contributed by atoms with Crippen molar-refractivity contribution in [3.63, 3.8) is 0 Å². The summed E-state index contributed by atoms with van der Waals surface area (Å²) in [5, 5.41) is 3.00. The van der Waals surface area contributed by atoms with E-state index in [4.69, 9.17) is 19.9 Å². The number of rotatable bonds is 13. The number of halogens is 1. The molecule has 0 fully saturated rings. The van der Waals surface area contributed by atoms with Crippen LogP contribution in [0.1, 0.15) is 11.5 Å². The number of nitrogens with two attached hydrogens (primary N) is 1. The summed E-state index contributed by atoms with van der Waals surface area (Å²) in [7, 11) is 8.87. The van der Waals surface area contributed by atoms with E-state index in [0.717, 1.165) is 22.3 Å². The van der Waals surface area contributed by atoms with E-state index in [1.165, 1.54) is 0 Å². The van der Waals surface area contributed by atoms with Gasteiger partial charge in [-0.05, 0) is 56.1 Å². The summed E-state index contributed by atoms with van der Waals surface area (Å²) < 4.78 is 17.4. The number of hydrogen-bond donors (Lipinski definition) is 2. The van der Waals surface area contributed by atoms with Crippen LogP contribution in [0.2, 0.25) is 0 Å². The summed E-state index contributed by atoms with van der Waals surface area (Å²) in [4.78, 5) is 17.4. The van der Waals surface area contributed by atoms with Gasteiger partial charge in [-0.1, -0.05) is 28.1 Å². The van der Waals surface area contributed by atoms with E-state index in [1.54, 1.807) is 26.2 Å². The number of nitrogens with zero attached hydrogens (tertiary/aromatic N) is 2. The second-order valence-corrected chi connectivity index (χ2v) is 9.27. The number of amides is 2. The molecule has 0 saturated heterocycles. The van der Waals surface area contributed by atoms with Crippen molar-refractivity contribution in [2.24, 2.45) is 5.73 Å². The average molecular weight is 537 g/mol. The summed E-state index contributed by atoms with van der Waals surface area (Å²) in [6, 6.07) is 15.2. The molecule has 0 aliphatic carbocycles. The maximum atomic E-state index is 13.5. The predicted octanol–water partition coefficient (Wildman–Crippen LogP) is 3.63. The van der Waals surface area contributed by atoms with Crippen LogP contribution in [0.3, 0.4) is 0 Å². The van der Waals surface area contributed by atoms with E-state index < -0.39 is 0 Å². The van der Waals surface area contributed by atoms with Crippen LogP contribution in [0, 0.1) is 0 Å². The van der Waals surface area contributed by atoms with Crippen LogP contribution in [-0.4, -0.2) is 89.6 Å². The lowest BCUT2D eigenvalue weighted by Gasteiger charge is -2.34. The highest BCUT2D eigenvalue weighted by atomic mass is 79.9. The van der Waals surface area contributed by atoms with Crippen molar-refractivity contribution in [2.75, 3.05) is 66.9 Å². The second kappa shape index (κ2) is 14.3. The molecule has 2 aromatic carbocycles. The number of methoxy groups -OCH3 is 3. The molecule has 3 N–H and O–H groups in total. The maximum Gasteiger partial charge on any atom is 0.321 e. The Kier molecular flexibility index (Phi) is 11.8. The Morgan fingerprint density at radius 1 is 0.941 bits per heavy atom. The van der Waals surface area contributed by atoms with Crippen LogP contribution >= 0.6 is 15.9 Å². The van der Waals surface area contributed by atoms with Crippen molar-refractivity contribution in [2.45, 2.75) is 18.1 Å². The van der Waals surface area contributed by atoms with Crippen LogP contribution in [0.4, 0.5) is 10.5 Å². The van der Waals surface area contributed by atoms with Crippen molar-refractivity contribution >= 4 is 27.6 Å². The SMILES string of the molecule is COc1ccc(NC(=O)N(C[C@H](CN(C)C)c2ccc(Br)cc2)C[C@@H](OC)C(CN)OC)cc1. The molecule has 0 saturated carbocycles. The number of urea groups is 1. The molecule has 0 bridgehead atoms. The molecule has 9 heteroatoms. The summed E-state index contributed by atoms with van der Waals surface area (Å²) in [5.74, 6) is 0.808. The zero-order valence-electron chi connectivity index (χ0n) is 20.7. The summed E-state index contributed by atoms with van der Waals surface area (Å²) >= 11 is 3.50. The Labute approximate surface area is 211 Å². The highest BCUT2D eigenvalue weighted by Crippen LogP contribution is 2.23. The molecule has 34 heavy (non-hydrogen) atoms. The number of benzene rings is 2. The number of ether oxygens (including phenoxy) is 3. The highest BCUT2D eigenvalue weighted by Gasteiger charge is 2.28. The van der Waals surface area contributed by atoms with E-state index in [0.29, 0.717) is 18.8 Å². The van der Waals surface area contributed by atoms with Gasteiger partial charge in [-0.3, -0.25) is 0 Å². The van der Waals surface area contributed by atoms with Gasteiger partial charge in [-0.25, -0.2) is 4.79 Å². The van der Waals surface area contributed by atoms with Gasteiger partial charge in [0.1, 0.15) is 11.9 Å². The summed E-state index contributed by atoms with van der Waals surface area (Å²) in [6.07, 6.45) is -0.706. The molecule has 0 spiro atoms. The molecule has 0 aliphatic rings. The van der Waals surface area contributed by atoms with E-state index in [1.807, 2.05) is 50.5 Å². The second-order valence-electron chi connectivity index (χ2n) is 8.36. The van der Waals surface area contributed by atoms with Crippen LogP contribution in [0.25, 0.3) is 0 Å². The topological polar surface area (TPSA) is 89.3 Å². The molecule has 0 heterocycles. The molecular weight excluding hydrogens is 500 g/mol. The number of likely N-dealkylation sites (N-methyl/N-ethyl adjacent to an activating group) is 1. The minimum Gasteiger partial charge on any atom is -0.497 e. The number of carbonyl (C=O) groups excluding carboxylic acids is 1. The Bertz CT molecular complexity index is 860. The van der Waals surface area contributed by atoms with Crippen LogP contribution < -0.4 is 15.8 Å². The van der Waals surface area contributed by atoms with Crippen molar-refractivity contribution in [1.29, 1.82) is 0 Å². The van der Waals surface area contributed by atoms with Crippen molar-refractivity contribution < 1.29 is 19.0 Å². The third-order valence-electron chi connectivity index (χ3n) is 5.65. The van der Waals surface area contributed by atoms with Gasteiger partial charge in [0.05, 0.1) is 19.8 Å². The largest absolute Gasteiger partial charge is 0.497 e. The Morgan fingerprint density at radius 3 is 2.06 bits per heavy atom. The molecule has 3 atom stereocenters. The molecular formula is C25H37BrN4O4. The van der Waals surface area contributed by atoms with E-state index in [-0.39, 0.29) is 30.7 Å². The molecule has 0 aromatic heterocycles. The lowest BCUT2D eigenvalue weighted by molar-refractivity contribution is -0.0410. The average Bonchev–Trinajstić information content (AvgIpc) is 2.83. The fourth-order valence-electron chi connectivity index (χ4n) is 3.79. The minimum atomic E-state index is -0.374. The van der Waals surface area contributed by atoms with Gasteiger partial charge >= 0.3 is 6.03 Å². The number of nitrogens with one attached hydrogen (secondary N) is 1. The number of carbonyl (C=O) groups is 1. The van der Waals surface area contributed by atoms with Crippen LogP contribution in [-0.2, 0) is 9.47 Å². The Balaban J connectivity index is 2.31. The van der Waals surface area contributed by atoms with Gasteiger partial charge in [0, 0.05) is 49.9 Å². The summed E-state index contributed by atoms with van der Waals surface area (Å²) in [5.41, 5.74) is 7.72. The van der Waals surface area contributed by atoms with E-state index in [2.05, 4.69) is 38.3 Å². The van der Waals surface area contributed by atoms with Crippen molar-refractivity contribution in [3.05, 3.63) is 58.6 Å². The van der Waals surface area contributed by atoms with E-state index in [9.17, 15) is 4.79 Å². The zero-order valence-corrected chi connectivity index (χ0v) is 22.2. The first kappa shape index (κ1) is 28.1. The van der Waals surface area contributed by atoms with Gasteiger partial charge in [0.15, 0.2) is 0 Å². The predicted molar refractivity (Wildman–Crippen MR) is 140 cm³/mol. The maximum absolute atomic E-state index is 13.5. The Hall–Kier alpha value is -2.17. The van der Waals surface area contributed by atoms with Gasteiger partial charge < -0.3 is 35.1 Å². The summed E-state index contributed by atoms with van der Waals surface area (Å²) in [6.45, 7) is 1.88. The van der Waals surface area contributed by atoms with Crippen molar-refractivity contribution in [3.8, 4) is 5.75 Å². The fraction of sp³-hybridized carbons (Fsp3) is 0.480. The first-order valence-electron chi connectivity index (χ1n) is 11.2. The van der Waals surface area contributed by atoms with Crippen LogP contribution in [0.5, 0.6) is 5.75 Å². The van der Waals surface area contributed by atoms with E-state index >= 15 is 0 Å². The minimum absolute atomic E-state index is 0.0843. The molecule has 2 aromatic rings. The van der Waals surface area contributed by atoms with Crippen molar-refractivity contribution in [1.82, 2.24) is 9.80 Å². The first-order chi connectivity index (χ1) is 16.3. The molecule has 8 nitrogen and oxygen atoms in total. The molecule has 0 radical (unpaired) electrons. The smallest absolute Gasteiger partial charge is 0.321 e. The number of hydrogen-bond acceptors (Lipinski definition) is 6. The molecule has 1 unspecified atom stereocenters. The van der Waals surface area contributed by atoms with Gasteiger partial charge in [-0.15, -0.1) is 0 Å². The van der Waals surface area contributed by atoms with Crippen LogP contribution in [0.15, 0.2) is 53.0 Å². The third kappa shape index (κ3) is 8.56. The lowest BCUT2D eigenvalue weighted by atomic mass is 9.97. The quantitative estimate of drug-likeness (QED) is 0.406. The molecule has 188 valence electrons. The standard InChI is InChI=1S/C25H37BrN4O4/c1-29(2)15-19(18-6-8-20(26)9-7-18)16-30(17-24(34-5)23(14-27)33-4)25(31)28-21-10-12-22(32-3)13-11-21/h6-13,19,23-24H,14-17,27H2,1-5H3,(H,28,31)/t19-,23?,24+/m0/s1. The third-order valence-corrected chi connectivity index (χ3v) is 6.18. The normalized spacial score (nSPS) is 13.9. The van der Waals surface area contributed by atoms with Gasteiger partial charge in [-0.2, -0.15) is 0 Å². The molecule has 2 amide bonds. The first-order valence-corrected chi connectivity index (χ1v) is 12.0. The zero-order chi connectivity index (χ0) is 25.1. The van der Waals surface area contributed by atoms with Gasteiger partial charge in [0.2, 0.25) is 0 Å². The number of anilines is 1.